The van der Waals surface area contributed by atoms with Gasteiger partial charge < -0.3 is 4.57 Å². The lowest BCUT2D eigenvalue weighted by Crippen LogP contribution is -2.35. The number of thioether (sulfide) groups is 1. The van der Waals surface area contributed by atoms with Crippen molar-refractivity contribution in [2.45, 2.75) is 66.2 Å². The van der Waals surface area contributed by atoms with Gasteiger partial charge in [-0.15, -0.1) is 0 Å². The molecule has 0 aliphatic carbocycles. The normalized spacial score (nSPS) is 17.2. The van der Waals surface area contributed by atoms with Gasteiger partial charge in [0.05, 0.1) is 5.57 Å². The van der Waals surface area contributed by atoms with Gasteiger partial charge in [-0.2, -0.15) is 15.1 Å². The van der Waals surface area contributed by atoms with Gasteiger partial charge in [0, 0.05) is 17.1 Å². The van der Waals surface area contributed by atoms with Crippen molar-refractivity contribution in [3.63, 3.8) is 0 Å². The average molecular weight is 462 g/mol. The quantitative estimate of drug-likeness (QED) is 0.382. The molecule has 7 heteroatoms. The zero-order chi connectivity index (χ0) is 23.7. The highest BCUT2D eigenvalue weighted by Gasteiger charge is 2.35. The highest BCUT2D eigenvalue weighted by Crippen LogP contribution is 2.31. The summed E-state index contributed by atoms with van der Waals surface area (Å²) in [5, 5.41) is 16.1. The topological polar surface area (TPSA) is 73.8 Å². The number of benzene rings is 1. The molecule has 1 aromatic heterocycles. The van der Waals surface area contributed by atoms with Crippen LogP contribution in [-0.2, 0) is 4.79 Å². The molecule has 0 saturated carbocycles. The maximum absolute atomic E-state index is 12.8. The van der Waals surface area contributed by atoms with E-state index >= 15 is 0 Å². The van der Waals surface area contributed by atoms with Crippen LogP contribution in [0.5, 0.6) is 0 Å². The Morgan fingerprint density at radius 1 is 1.15 bits per heavy atom. The van der Waals surface area contributed by atoms with Crippen molar-refractivity contribution < 1.29 is 4.79 Å². The molecule has 2 aliphatic heterocycles. The minimum atomic E-state index is -0.380. The van der Waals surface area contributed by atoms with Crippen LogP contribution in [0, 0.1) is 19.3 Å². The molecule has 2 aromatic rings. The molecule has 2 aliphatic rings. The second-order valence-corrected chi connectivity index (χ2v) is 9.92. The van der Waals surface area contributed by atoms with E-state index in [4.69, 9.17) is 5.41 Å². The zero-order valence-corrected chi connectivity index (χ0v) is 20.8. The third-order valence-corrected chi connectivity index (χ3v) is 7.05. The molecule has 0 fully saturated rings. The first-order valence-electron chi connectivity index (χ1n) is 11.6. The maximum atomic E-state index is 12.8. The molecular formula is C26H31N5OS. The number of nitrogens with zero attached hydrogens (tertiary/aromatic N) is 4. The van der Waals surface area contributed by atoms with Crippen molar-refractivity contribution >= 4 is 39.8 Å². The molecule has 0 unspecified atom stereocenters. The number of hydrogen-bond acceptors (Lipinski definition) is 4. The molecule has 0 atom stereocenters. The van der Waals surface area contributed by atoms with E-state index in [1.807, 2.05) is 6.92 Å². The van der Waals surface area contributed by atoms with Gasteiger partial charge in [0.1, 0.15) is 5.04 Å². The Bertz CT molecular complexity index is 1180. The minimum absolute atomic E-state index is 0.0917. The third kappa shape index (κ3) is 4.60. The van der Waals surface area contributed by atoms with Crippen molar-refractivity contribution in [2.24, 2.45) is 10.1 Å². The van der Waals surface area contributed by atoms with E-state index < -0.39 is 0 Å². The van der Waals surface area contributed by atoms with Gasteiger partial charge in [0.2, 0.25) is 5.17 Å². The number of aliphatic imine (C=N–C) groups is 1. The maximum Gasteiger partial charge on any atom is 0.283 e. The number of carbonyl (C=O) groups excluding carboxylic acids is 1. The molecule has 3 heterocycles. The Morgan fingerprint density at radius 2 is 1.88 bits per heavy atom. The summed E-state index contributed by atoms with van der Waals surface area (Å²) in [5.41, 5.74) is 5.66. The Morgan fingerprint density at radius 3 is 2.55 bits per heavy atom. The van der Waals surface area contributed by atoms with Gasteiger partial charge in [-0.1, -0.05) is 45.7 Å². The highest BCUT2D eigenvalue weighted by molar-refractivity contribution is 8.26. The zero-order valence-electron chi connectivity index (χ0n) is 20.0. The number of nitrogens with one attached hydrogen (secondary N) is 1. The molecular weight excluding hydrogens is 430 g/mol. The van der Waals surface area contributed by atoms with E-state index in [1.54, 1.807) is 6.08 Å². The predicted octanol–water partition coefficient (Wildman–Crippen LogP) is 6.42. The van der Waals surface area contributed by atoms with Crippen molar-refractivity contribution in [3.8, 4) is 5.69 Å². The SMILES string of the molecule is CCCCCC1=NN2C(=N)/C(=C\c3cc(C)n(-c4ccc(C(C)C)cc4)c3C)C(=O)N=C2S1. The second kappa shape index (κ2) is 9.51. The van der Waals surface area contributed by atoms with Crippen molar-refractivity contribution in [1.82, 2.24) is 9.58 Å². The van der Waals surface area contributed by atoms with Crippen LogP contribution >= 0.6 is 11.8 Å². The molecule has 33 heavy (non-hydrogen) atoms. The number of rotatable bonds is 7. The van der Waals surface area contributed by atoms with E-state index in [9.17, 15) is 4.79 Å². The van der Waals surface area contributed by atoms with Gasteiger partial charge in [0.15, 0.2) is 5.84 Å². The van der Waals surface area contributed by atoms with Crippen molar-refractivity contribution in [1.29, 1.82) is 5.41 Å². The molecule has 0 bridgehead atoms. The van der Waals surface area contributed by atoms with Gasteiger partial charge >= 0.3 is 0 Å². The molecule has 0 radical (unpaired) electrons. The van der Waals surface area contributed by atoms with Crippen LogP contribution in [0.2, 0.25) is 0 Å². The molecule has 0 spiro atoms. The summed E-state index contributed by atoms with van der Waals surface area (Å²) in [6, 6.07) is 10.6. The third-order valence-electron chi connectivity index (χ3n) is 6.08. The van der Waals surface area contributed by atoms with E-state index in [0.29, 0.717) is 11.1 Å². The monoisotopic (exact) mass is 461 g/mol. The lowest BCUT2D eigenvalue weighted by Gasteiger charge is -2.20. The summed E-state index contributed by atoms with van der Waals surface area (Å²) in [6.07, 6.45) is 5.97. The van der Waals surface area contributed by atoms with E-state index in [-0.39, 0.29) is 17.3 Å². The van der Waals surface area contributed by atoms with Crippen LogP contribution in [0.1, 0.15) is 74.9 Å². The Hall–Kier alpha value is -2.93. The van der Waals surface area contributed by atoms with E-state index in [0.717, 1.165) is 53.4 Å². The standard InChI is InChI=1S/C26H31N5OS/c1-6-7-8-9-23-29-31-24(27)22(25(32)28-26(31)33-23)15-20-14-17(4)30(18(20)5)21-12-10-19(11-13-21)16(2)3/h10-16,27H,6-9H2,1-5H3/b22-15+,27-24?. The van der Waals surface area contributed by atoms with Crippen LogP contribution < -0.4 is 0 Å². The average Bonchev–Trinajstić information content (AvgIpc) is 3.31. The summed E-state index contributed by atoms with van der Waals surface area (Å²) in [6.45, 7) is 10.6. The molecule has 1 amide bonds. The lowest BCUT2D eigenvalue weighted by molar-refractivity contribution is -0.114. The first kappa shape index (κ1) is 23.2. The van der Waals surface area contributed by atoms with Crippen molar-refractivity contribution in [3.05, 3.63) is 58.4 Å². The first-order valence-corrected chi connectivity index (χ1v) is 12.4. The van der Waals surface area contributed by atoms with Crippen LogP contribution in [-0.4, -0.2) is 31.5 Å². The number of fused-ring (bicyclic) bond motifs is 1. The number of amidine groups is 2. The van der Waals surface area contributed by atoms with Gasteiger partial charge in [-0.25, -0.2) is 0 Å². The molecule has 1 aromatic carbocycles. The summed E-state index contributed by atoms with van der Waals surface area (Å²) in [4.78, 5) is 17.0. The number of carbonyl (C=O) groups is 1. The Kier molecular flexibility index (Phi) is 6.70. The summed E-state index contributed by atoms with van der Waals surface area (Å²) in [5.74, 6) is 0.197. The number of aryl methyl sites for hydroxylation is 1. The molecule has 172 valence electrons. The molecule has 6 nitrogen and oxygen atoms in total. The van der Waals surface area contributed by atoms with E-state index in [2.05, 4.69) is 72.7 Å². The predicted molar refractivity (Wildman–Crippen MR) is 138 cm³/mol. The lowest BCUT2D eigenvalue weighted by atomic mass is 10.0. The van der Waals surface area contributed by atoms with Gasteiger partial charge in [-0.3, -0.25) is 10.2 Å². The van der Waals surface area contributed by atoms with Gasteiger partial charge in [-0.05, 0) is 79.8 Å². The fourth-order valence-electron chi connectivity index (χ4n) is 4.15. The number of amides is 1. The largest absolute Gasteiger partial charge is 0.318 e. The minimum Gasteiger partial charge on any atom is -0.318 e. The van der Waals surface area contributed by atoms with Crippen LogP contribution in [0.25, 0.3) is 11.8 Å². The number of hydrogen-bond donors (Lipinski definition) is 1. The highest BCUT2D eigenvalue weighted by atomic mass is 32.2. The smallest absolute Gasteiger partial charge is 0.283 e. The summed E-state index contributed by atoms with van der Waals surface area (Å²) < 4.78 is 2.18. The number of hydrazone groups is 1. The number of aromatic nitrogens is 1. The Labute approximate surface area is 200 Å². The fourth-order valence-corrected chi connectivity index (χ4v) is 5.08. The van der Waals surface area contributed by atoms with Crippen LogP contribution in [0.15, 0.2) is 46.0 Å². The summed E-state index contributed by atoms with van der Waals surface area (Å²) in [7, 11) is 0. The Balaban J connectivity index is 1.63. The molecule has 4 rings (SSSR count). The van der Waals surface area contributed by atoms with E-state index in [1.165, 1.54) is 22.3 Å². The number of unbranched alkanes of at least 4 members (excludes halogenated alkanes) is 2. The second-order valence-electron chi connectivity index (χ2n) is 8.88. The van der Waals surface area contributed by atoms with Crippen molar-refractivity contribution in [2.75, 3.05) is 0 Å². The summed E-state index contributed by atoms with van der Waals surface area (Å²) >= 11 is 1.40. The van der Waals surface area contributed by atoms with Gasteiger partial charge in [0.25, 0.3) is 5.91 Å². The van der Waals surface area contributed by atoms with Crippen LogP contribution in [0.3, 0.4) is 0 Å². The fraction of sp³-hybridized carbons (Fsp3) is 0.385. The molecule has 0 saturated heterocycles. The molecule has 1 N–H and O–H groups in total. The van der Waals surface area contributed by atoms with Crippen LogP contribution in [0.4, 0.5) is 0 Å². The first-order chi connectivity index (χ1) is 15.8.